The lowest BCUT2D eigenvalue weighted by Gasteiger charge is -2.08. The highest BCUT2D eigenvalue weighted by atomic mass is 16.5. The molecule has 72 valence electrons. The highest BCUT2D eigenvalue weighted by Gasteiger charge is 2.17. The first-order chi connectivity index (χ1) is 6.38. The van der Waals surface area contributed by atoms with Crippen LogP contribution in [0.15, 0.2) is 12.4 Å². The molecule has 1 unspecified atom stereocenters. The van der Waals surface area contributed by atoms with E-state index in [4.69, 9.17) is 9.47 Å². The Hall–Kier alpha value is -1.03. The summed E-state index contributed by atoms with van der Waals surface area (Å²) in [5.41, 5.74) is 0. The van der Waals surface area contributed by atoms with Gasteiger partial charge in [0.15, 0.2) is 5.75 Å². The Labute approximate surface area is 77.4 Å². The van der Waals surface area contributed by atoms with Gasteiger partial charge in [0.25, 0.3) is 0 Å². The number of nitrogens with zero attached hydrogens (tertiary/aromatic N) is 2. The quantitative estimate of drug-likeness (QED) is 0.701. The van der Waals surface area contributed by atoms with Crippen LogP contribution in [0.3, 0.4) is 0 Å². The molecule has 0 radical (unpaired) electrons. The predicted molar refractivity (Wildman–Crippen MR) is 47.8 cm³/mol. The molecule has 4 nitrogen and oxygen atoms in total. The fraction of sp³-hybridized carbons (Fsp3) is 0.667. The van der Waals surface area contributed by atoms with E-state index in [2.05, 4.69) is 12.0 Å². The molecule has 2 heterocycles. The van der Waals surface area contributed by atoms with Gasteiger partial charge in [-0.2, -0.15) is 5.10 Å². The third-order valence-electron chi connectivity index (χ3n) is 2.12. The fourth-order valence-corrected chi connectivity index (χ4v) is 1.38. The van der Waals surface area contributed by atoms with Gasteiger partial charge in [0.05, 0.1) is 25.6 Å². The summed E-state index contributed by atoms with van der Waals surface area (Å²) < 4.78 is 12.7. The fourth-order valence-electron chi connectivity index (χ4n) is 1.38. The summed E-state index contributed by atoms with van der Waals surface area (Å²) >= 11 is 0. The number of ether oxygens (including phenoxy) is 2. The van der Waals surface area contributed by atoms with E-state index >= 15 is 0 Å². The van der Waals surface area contributed by atoms with Gasteiger partial charge in [0.1, 0.15) is 6.10 Å². The second-order valence-electron chi connectivity index (χ2n) is 3.14. The molecule has 0 aromatic carbocycles. The first-order valence-electron chi connectivity index (χ1n) is 4.65. The Bertz CT molecular complexity index is 266. The van der Waals surface area contributed by atoms with E-state index in [1.165, 1.54) is 0 Å². The average molecular weight is 182 g/mol. The highest BCUT2D eigenvalue weighted by molar-refractivity contribution is 5.12. The summed E-state index contributed by atoms with van der Waals surface area (Å²) in [6.45, 7) is 4.45. The van der Waals surface area contributed by atoms with Crippen molar-refractivity contribution in [3.63, 3.8) is 0 Å². The zero-order valence-corrected chi connectivity index (χ0v) is 7.77. The molecule has 1 aromatic heterocycles. The van der Waals surface area contributed by atoms with Gasteiger partial charge in [-0.05, 0) is 6.92 Å². The summed E-state index contributed by atoms with van der Waals surface area (Å²) in [6.07, 6.45) is 4.87. The number of aryl methyl sites for hydroxylation is 1. The Balaban J connectivity index is 1.92. The maximum Gasteiger partial charge on any atom is 0.157 e. The van der Waals surface area contributed by atoms with Crippen LogP contribution in [0.2, 0.25) is 0 Å². The normalized spacial score (nSPS) is 22.1. The van der Waals surface area contributed by atoms with Gasteiger partial charge < -0.3 is 9.47 Å². The van der Waals surface area contributed by atoms with E-state index in [1.807, 2.05) is 10.9 Å². The van der Waals surface area contributed by atoms with Crippen LogP contribution in [0.25, 0.3) is 0 Å². The van der Waals surface area contributed by atoms with E-state index in [-0.39, 0.29) is 6.10 Å². The van der Waals surface area contributed by atoms with Crippen molar-refractivity contribution in [3.05, 3.63) is 12.4 Å². The molecular weight excluding hydrogens is 168 g/mol. The van der Waals surface area contributed by atoms with Gasteiger partial charge in [-0.1, -0.05) is 0 Å². The summed E-state index contributed by atoms with van der Waals surface area (Å²) in [7, 11) is 0. The van der Waals surface area contributed by atoms with Crippen molar-refractivity contribution in [2.24, 2.45) is 0 Å². The van der Waals surface area contributed by atoms with Crippen molar-refractivity contribution in [1.29, 1.82) is 0 Å². The monoisotopic (exact) mass is 182 g/mol. The Morgan fingerprint density at radius 2 is 2.69 bits per heavy atom. The molecule has 0 amide bonds. The van der Waals surface area contributed by atoms with Gasteiger partial charge in [-0.15, -0.1) is 0 Å². The molecule has 0 N–H and O–H groups in total. The van der Waals surface area contributed by atoms with Crippen LogP contribution in [-0.2, 0) is 11.3 Å². The maximum atomic E-state index is 5.65. The molecule has 0 saturated carbocycles. The first kappa shape index (κ1) is 8.56. The van der Waals surface area contributed by atoms with Crippen molar-refractivity contribution < 1.29 is 9.47 Å². The van der Waals surface area contributed by atoms with Crippen LogP contribution in [0.5, 0.6) is 5.75 Å². The molecule has 1 aliphatic heterocycles. The molecule has 2 rings (SSSR count). The predicted octanol–water partition coefficient (Wildman–Crippen LogP) is 1.07. The summed E-state index contributed by atoms with van der Waals surface area (Å²) in [5.74, 6) is 0.845. The summed E-state index contributed by atoms with van der Waals surface area (Å²) in [5, 5.41) is 4.13. The van der Waals surface area contributed by atoms with Crippen LogP contribution in [0, 0.1) is 0 Å². The van der Waals surface area contributed by atoms with Gasteiger partial charge >= 0.3 is 0 Å². The summed E-state index contributed by atoms with van der Waals surface area (Å²) in [4.78, 5) is 0. The lowest BCUT2D eigenvalue weighted by atomic mass is 10.3. The Kier molecular flexibility index (Phi) is 2.49. The molecule has 1 atom stereocenters. The molecule has 1 saturated heterocycles. The second-order valence-corrected chi connectivity index (χ2v) is 3.14. The molecule has 1 aliphatic rings. The van der Waals surface area contributed by atoms with Crippen molar-refractivity contribution in [1.82, 2.24) is 9.78 Å². The van der Waals surface area contributed by atoms with Crippen molar-refractivity contribution in [2.45, 2.75) is 26.0 Å². The van der Waals surface area contributed by atoms with Crippen molar-refractivity contribution >= 4 is 0 Å². The van der Waals surface area contributed by atoms with Gasteiger partial charge in [-0.25, -0.2) is 0 Å². The standard InChI is InChI=1S/C9H14N2O2/c1-2-11-6-9(5-10-11)13-8-3-4-12-7-8/h5-6,8H,2-4,7H2,1H3. The van der Waals surface area contributed by atoms with E-state index in [9.17, 15) is 0 Å². The number of hydrogen-bond acceptors (Lipinski definition) is 3. The second kappa shape index (κ2) is 3.79. The third kappa shape index (κ3) is 2.01. The van der Waals surface area contributed by atoms with Gasteiger partial charge in [0.2, 0.25) is 0 Å². The summed E-state index contributed by atoms with van der Waals surface area (Å²) in [6, 6.07) is 0. The van der Waals surface area contributed by atoms with Crippen LogP contribution in [0.4, 0.5) is 0 Å². The van der Waals surface area contributed by atoms with Crippen LogP contribution in [0.1, 0.15) is 13.3 Å². The minimum absolute atomic E-state index is 0.217. The number of aromatic nitrogens is 2. The minimum atomic E-state index is 0.217. The Morgan fingerprint density at radius 1 is 1.77 bits per heavy atom. The minimum Gasteiger partial charge on any atom is -0.485 e. The first-order valence-corrected chi connectivity index (χ1v) is 4.65. The van der Waals surface area contributed by atoms with Crippen LogP contribution >= 0.6 is 0 Å². The largest absolute Gasteiger partial charge is 0.485 e. The molecule has 4 heteroatoms. The Morgan fingerprint density at radius 3 is 3.31 bits per heavy atom. The zero-order valence-electron chi connectivity index (χ0n) is 7.77. The van der Waals surface area contributed by atoms with Crippen molar-refractivity contribution in [3.8, 4) is 5.75 Å². The highest BCUT2D eigenvalue weighted by Crippen LogP contribution is 2.15. The van der Waals surface area contributed by atoms with E-state index in [0.29, 0.717) is 6.61 Å². The van der Waals surface area contributed by atoms with Gasteiger partial charge in [-0.3, -0.25) is 4.68 Å². The smallest absolute Gasteiger partial charge is 0.157 e. The number of hydrogen-bond donors (Lipinski definition) is 0. The SMILES string of the molecule is CCn1cc(OC2CCOC2)cn1. The lowest BCUT2D eigenvalue weighted by molar-refractivity contribution is 0.141. The average Bonchev–Trinajstić information content (AvgIpc) is 2.76. The molecular formula is C9H14N2O2. The van der Waals surface area contributed by atoms with E-state index in [0.717, 1.165) is 25.3 Å². The maximum absolute atomic E-state index is 5.65. The molecule has 0 spiro atoms. The van der Waals surface area contributed by atoms with E-state index < -0.39 is 0 Å². The van der Waals surface area contributed by atoms with Crippen LogP contribution < -0.4 is 4.74 Å². The zero-order chi connectivity index (χ0) is 9.10. The molecule has 13 heavy (non-hydrogen) atoms. The molecule has 1 fully saturated rings. The third-order valence-corrected chi connectivity index (χ3v) is 2.12. The number of rotatable bonds is 3. The topological polar surface area (TPSA) is 36.3 Å². The molecule has 1 aromatic rings. The van der Waals surface area contributed by atoms with Crippen molar-refractivity contribution in [2.75, 3.05) is 13.2 Å². The molecule has 0 bridgehead atoms. The van der Waals surface area contributed by atoms with E-state index in [1.54, 1.807) is 6.20 Å². The van der Waals surface area contributed by atoms with Gasteiger partial charge in [0, 0.05) is 13.0 Å². The molecule has 0 aliphatic carbocycles. The van der Waals surface area contributed by atoms with Crippen LogP contribution in [-0.4, -0.2) is 29.1 Å². The lowest BCUT2D eigenvalue weighted by Crippen LogP contribution is -2.15.